The third-order valence-electron chi connectivity index (χ3n) is 5.45. The van der Waals surface area contributed by atoms with Crippen LogP contribution in [0.15, 0.2) is 30.7 Å². The molecule has 5 heterocycles. The zero-order valence-corrected chi connectivity index (χ0v) is 17.8. The van der Waals surface area contributed by atoms with Gasteiger partial charge in [0.15, 0.2) is 5.65 Å². The minimum Gasteiger partial charge on any atom is -0.396 e. The first-order valence-electron chi connectivity index (χ1n) is 10.0. The number of hydrogen-bond acceptors (Lipinski definition) is 8. The maximum Gasteiger partial charge on any atom is 0.167 e. The highest BCUT2D eigenvalue weighted by atomic mass is 32.1. The molecule has 0 aliphatic carbocycles. The molecule has 4 aromatic heterocycles. The van der Waals surface area contributed by atoms with Crippen molar-refractivity contribution in [1.82, 2.24) is 28.8 Å². The number of piperidine rings is 1. The van der Waals surface area contributed by atoms with Crippen LogP contribution in [-0.4, -0.2) is 53.6 Å². The SMILES string of the molecule is Cc1cc(Nc2cc(N3CCCC(CO)C3)nc3c(-c4cnn(C)c4)cnn23)sn1. The van der Waals surface area contributed by atoms with Crippen molar-refractivity contribution in [2.75, 3.05) is 29.9 Å². The van der Waals surface area contributed by atoms with E-state index < -0.39 is 0 Å². The average Bonchev–Trinajstić information content (AvgIpc) is 3.47. The van der Waals surface area contributed by atoms with Gasteiger partial charge in [-0.25, -0.2) is 4.98 Å². The summed E-state index contributed by atoms with van der Waals surface area (Å²) in [7, 11) is 1.90. The highest BCUT2D eigenvalue weighted by Crippen LogP contribution is 2.31. The van der Waals surface area contributed by atoms with Crippen LogP contribution in [0.4, 0.5) is 16.6 Å². The fourth-order valence-corrected chi connectivity index (χ4v) is 4.60. The fourth-order valence-electron chi connectivity index (χ4n) is 3.94. The number of fused-ring (bicyclic) bond motifs is 1. The van der Waals surface area contributed by atoms with Crippen LogP contribution in [-0.2, 0) is 7.05 Å². The molecule has 0 bridgehead atoms. The predicted molar refractivity (Wildman–Crippen MR) is 117 cm³/mol. The number of aliphatic hydroxyl groups is 1. The summed E-state index contributed by atoms with van der Waals surface area (Å²) in [5, 5.41) is 23.0. The summed E-state index contributed by atoms with van der Waals surface area (Å²) >= 11 is 1.42. The van der Waals surface area contributed by atoms with Crippen LogP contribution in [0.2, 0.25) is 0 Å². The number of nitrogens with one attached hydrogen (secondary N) is 1. The summed E-state index contributed by atoms with van der Waals surface area (Å²) in [4.78, 5) is 7.23. The Labute approximate surface area is 178 Å². The second-order valence-corrected chi connectivity index (χ2v) is 8.60. The first-order valence-corrected chi connectivity index (χ1v) is 10.8. The van der Waals surface area contributed by atoms with Gasteiger partial charge in [0.05, 0.1) is 18.1 Å². The second kappa shape index (κ2) is 7.69. The molecule has 9 nitrogen and oxygen atoms in total. The summed E-state index contributed by atoms with van der Waals surface area (Å²) in [5.41, 5.74) is 3.66. The normalized spacial score (nSPS) is 17.0. The third-order valence-corrected chi connectivity index (χ3v) is 6.25. The van der Waals surface area contributed by atoms with E-state index in [-0.39, 0.29) is 12.5 Å². The quantitative estimate of drug-likeness (QED) is 0.508. The highest BCUT2D eigenvalue weighted by Gasteiger charge is 2.23. The molecular formula is C20H24N8OS. The van der Waals surface area contributed by atoms with Crippen LogP contribution in [0.25, 0.3) is 16.8 Å². The lowest BCUT2D eigenvalue weighted by atomic mass is 9.99. The number of anilines is 3. The second-order valence-electron chi connectivity index (χ2n) is 7.79. The van der Waals surface area contributed by atoms with Gasteiger partial charge in [-0.1, -0.05) is 0 Å². The molecule has 156 valence electrons. The number of nitrogens with zero attached hydrogens (tertiary/aromatic N) is 7. The number of rotatable bonds is 5. The van der Waals surface area contributed by atoms with Crippen LogP contribution in [0.3, 0.4) is 0 Å². The van der Waals surface area contributed by atoms with Crippen molar-refractivity contribution >= 4 is 33.8 Å². The maximum atomic E-state index is 9.65. The van der Waals surface area contributed by atoms with Crippen molar-refractivity contribution in [3.05, 3.63) is 36.4 Å². The minimum atomic E-state index is 0.206. The van der Waals surface area contributed by atoms with E-state index in [1.54, 1.807) is 4.68 Å². The van der Waals surface area contributed by atoms with Gasteiger partial charge < -0.3 is 15.3 Å². The van der Waals surface area contributed by atoms with E-state index in [0.29, 0.717) is 0 Å². The van der Waals surface area contributed by atoms with Crippen molar-refractivity contribution in [1.29, 1.82) is 0 Å². The van der Waals surface area contributed by atoms with Crippen molar-refractivity contribution < 1.29 is 5.11 Å². The number of aromatic nitrogens is 6. The first kappa shape index (κ1) is 19.0. The van der Waals surface area contributed by atoms with Gasteiger partial charge in [-0.05, 0) is 43.3 Å². The Kier molecular flexibility index (Phi) is 4.87. The molecule has 1 aliphatic rings. The molecule has 2 N–H and O–H groups in total. The number of aliphatic hydroxyl groups excluding tert-OH is 1. The van der Waals surface area contributed by atoms with Crippen molar-refractivity contribution in [2.24, 2.45) is 13.0 Å². The van der Waals surface area contributed by atoms with E-state index in [2.05, 4.69) is 24.8 Å². The van der Waals surface area contributed by atoms with Crippen LogP contribution in [0, 0.1) is 12.8 Å². The Morgan fingerprint density at radius 2 is 2.17 bits per heavy atom. The van der Waals surface area contributed by atoms with Gasteiger partial charge >= 0.3 is 0 Å². The summed E-state index contributed by atoms with van der Waals surface area (Å²) in [6, 6.07) is 4.05. The summed E-state index contributed by atoms with van der Waals surface area (Å²) in [6.45, 7) is 3.91. The summed E-state index contributed by atoms with van der Waals surface area (Å²) in [5.74, 6) is 2.00. The molecule has 1 aliphatic heterocycles. The zero-order chi connectivity index (χ0) is 20.7. The molecule has 30 heavy (non-hydrogen) atoms. The molecule has 0 amide bonds. The van der Waals surface area contributed by atoms with E-state index in [1.807, 2.05) is 49.2 Å². The van der Waals surface area contributed by atoms with Crippen molar-refractivity contribution in [3.8, 4) is 11.1 Å². The predicted octanol–water partition coefficient (Wildman–Crippen LogP) is 2.85. The molecule has 0 aromatic carbocycles. The summed E-state index contributed by atoms with van der Waals surface area (Å²) < 4.78 is 7.97. The lowest BCUT2D eigenvalue weighted by Gasteiger charge is -2.33. The maximum absolute atomic E-state index is 9.65. The number of hydrogen-bond donors (Lipinski definition) is 2. The summed E-state index contributed by atoms with van der Waals surface area (Å²) in [6.07, 6.45) is 7.72. The van der Waals surface area contributed by atoms with Gasteiger partial charge in [-0.3, -0.25) is 4.68 Å². The van der Waals surface area contributed by atoms with Gasteiger partial charge in [-0.2, -0.15) is 19.1 Å². The topological polar surface area (TPSA) is 96.4 Å². The lowest BCUT2D eigenvalue weighted by molar-refractivity contribution is 0.208. The smallest absolute Gasteiger partial charge is 0.167 e. The third kappa shape index (κ3) is 3.52. The van der Waals surface area contributed by atoms with Crippen LogP contribution >= 0.6 is 11.5 Å². The molecule has 0 spiro atoms. The Morgan fingerprint density at radius 1 is 1.27 bits per heavy atom. The Bertz CT molecular complexity index is 1180. The van der Waals surface area contributed by atoms with E-state index in [9.17, 15) is 5.11 Å². The van der Waals surface area contributed by atoms with E-state index in [0.717, 1.165) is 65.0 Å². The molecule has 0 saturated carbocycles. The van der Waals surface area contributed by atoms with Gasteiger partial charge in [0.25, 0.3) is 0 Å². The number of aryl methyl sites for hydroxylation is 2. The standard InChI is InChI=1S/C20H24N8OS/c1-13-6-19(30-25-13)23-18-7-17(27-5-3-4-14(10-27)12-29)24-20-16(9-22-28(18)20)15-8-21-26(2)11-15/h6-9,11,14,23,29H,3-5,10,12H2,1-2H3. The zero-order valence-electron chi connectivity index (χ0n) is 17.0. The highest BCUT2D eigenvalue weighted by molar-refractivity contribution is 7.10. The Hall–Kier alpha value is -2.98. The molecule has 1 fully saturated rings. The van der Waals surface area contributed by atoms with E-state index in [4.69, 9.17) is 4.98 Å². The fraction of sp³-hybridized carbons (Fsp3) is 0.400. The molecule has 4 aromatic rings. The largest absolute Gasteiger partial charge is 0.396 e. The molecule has 10 heteroatoms. The lowest BCUT2D eigenvalue weighted by Crippen LogP contribution is -2.37. The molecule has 5 rings (SSSR count). The Balaban J connectivity index is 1.62. The molecular weight excluding hydrogens is 400 g/mol. The van der Waals surface area contributed by atoms with Crippen LogP contribution in [0.1, 0.15) is 18.5 Å². The van der Waals surface area contributed by atoms with Gasteiger partial charge in [-0.15, -0.1) is 0 Å². The van der Waals surface area contributed by atoms with Crippen LogP contribution < -0.4 is 10.2 Å². The molecule has 1 atom stereocenters. The van der Waals surface area contributed by atoms with Gasteiger partial charge in [0.2, 0.25) is 0 Å². The monoisotopic (exact) mass is 424 g/mol. The molecule has 1 unspecified atom stereocenters. The van der Waals surface area contributed by atoms with Gasteiger partial charge in [0.1, 0.15) is 16.6 Å². The average molecular weight is 425 g/mol. The van der Waals surface area contributed by atoms with E-state index >= 15 is 0 Å². The van der Waals surface area contributed by atoms with Crippen molar-refractivity contribution in [3.63, 3.8) is 0 Å². The van der Waals surface area contributed by atoms with Crippen molar-refractivity contribution in [2.45, 2.75) is 19.8 Å². The Morgan fingerprint density at radius 3 is 2.90 bits per heavy atom. The molecule has 1 saturated heterocycles. The minimum absolute atomic E-state index is 0.206. The first-order chi connectivity index (χ1) is 14.6. The van der Waals surface area contributed by atoms with E-state index in [1.165, 1.54) is 11.5 Å². The van der Waals surface area contributed by atoms with Gasteiger partial charge in [0, 0.05) is 50.1 Å². The van der Waals surface area contributed by atoms with Crippen LogP contribution in [0.5, 0.6) is 0 Å². The molecule has 0 radical (unpaired) electrons.